The number of primary amides is 1. The van der Waals surface area contributed by atoms with Gasteiger partial charge in [0.15, 0.2) is 0 Å². The molecule has 2 amide bonds. The van der Waals surface area contributed by atoms with E-state index in [-0.39, 0.29) is 10.6 Å². The minimum absolute atomic E-state index is 0.255. The molecule has 0 aliphatic heterocycles. The van der Waals surface area contributed by atoms with Crippen molar-refractivity contribution < 1.29 is 14.3 Å². The zero-order valence-electron chi connectivity index (χ0n) is 11.5. The maximum Gasteiger partial charge on any atom is 0.255 e. The van der Waals surface area contributed by atoms with Gasteiger partial charge in [0.05, 0.1) is 22.8 Å². The Balaban J connectivity index is 2.32. The zero-order valence-corrected chi connectivity index (χ0v) is 13.0. The normalized spacial score (nSPS) is 10.1. The molecule has 5 nitrogen and oxygen atoms in total. The highest BCUT2D eigenvalue weighted by molar-refractivity contribution is 6.42. The van der Waals surface area contributed by atoms with Gasteiger partial charge in [-0.3, -0.25) is 9.59 Å². The highest BCUT2D eigenvalue weighted by atomic mass is 35.5. The second-order valence-corrected chi connectivity index (χ2v) is 5.18. The number of nitrogens with two attached hydrogens (primary N) is 1. The zero-order chi connectivity index (χ0) is 16.3. The van der Waals surface area contributed by atoms with Gasteiger partial charge >= 0.3 is 0 Å². The topological polar surface area (TPSA) is 81.4 Å². The quantitative estimate of drug-likeness (QED) is 0.896. The summed E-state index contributed by atoms with van der Waals surface area (Å²) in [4.78, 5) is 23.5. The smallest absolute Gasteiger partial charge is 0.255 e. The summed E-state index contributed by atoms with van der Waals surface area (Å²) in [7, 11) is 1.45. The number of carbonyl (C=O) groups is 2. The summed E-state index contributed by atoms with van der Waals surface area (Å²) in [5.74, 6) is -0.621. The molecule has 0 aliphatic rings. The second kappa shape index (κ2) is 6.68. The van der Waals surface area contributed by atoms with Crippen LogP contribution in [0.4, 0.5) is 5.69 Å². The Hall–Kier alpha value is -2.24. The van der Waals surface area contributed by atoms with Gasteiger partial charge in [-0.1, -0.05) is 23.2 Å². The Kier molecular flexibility index (Phi) is 4.90. The Morgan fingerprint density at radius 2 is 1.73 bits per heavy atom. The molecule has 114 valence electrons. The van der Waals surface area contributed by atoms with E-state index in [1.165, 1.54) is 37.4 Å². The van der Waals surface area contributed by atoms with E-state index in [4.69, 9.17) is 33.7 Å². The summed E-state index contributed by atoms with van der Waals surface area (Å²) in [6.45, 7) is 0. The van der Waals surface area contributed by atoms with Crippen LogP contribution in [0.1, 0.15) is 20.7 Å². The third-order valence-electron chi connectivity index (χ3n) is 2.91. The van der Waals surface area contributed by atoms with Crippen molar-refractivity contribution in [3.8, 4) is 5.75 Å². The first kappa shape index (κ1) is 16.1. The second-order valence-electron chi connectivity index (χ2n) is 4.36. The molecule has 3 N–H and O–H groups in total. The van der Waals surface area contributed by atoms with Gasteiger partial charge in [-0.2, -0.15) is 0 Å². The third-order valence-corrected chi connectivity index (χ3v) is 3.65. The van der Waals surface area contributed by atoms with Crippen LogP contribution in [0.5, 0.6) is 5.75 Å². The molecule has 7 heteroatoms. The number of rotatable bonds is 4. The molecule has 0 aromatic heterocycles. The monoisotopic (exact) mass is 338 g/mol. The molecule has 0 saturated carbocycles. The number of hydrogen-bond acceptors (Lipinski definition) is 3. The van der Waals surface area contributed by atoms with Crippen molar-refractivity contribution in [2.75, 3.05) is 12.4 Å². The van der Waals surface area contributed by atoms with E-state index < -0.39 is 11.8 Å². The van der Waals surface area contributed by atoms with E-state index in [0.717, 1.165) is 0 Å². The van der Waals surface area contributed by atoms with Gasteiger partial charge in [0.2, 0.25) is 5.91 Å². The van der Waals surface area contributed by atoms with Crippen molar-refractivity contribution in [3.05, 3.63) is 57.6 Å². The fourth-order valence-corrected chi connectivity index (χ4v) is 2.09. The van der Waals surface area contributed by atoms with Gasteiger partial charge < -0.3 is 15.8 Å². The maximum atomic E-state index is 12.2. The third kappa shape index (κ3) is 3.50. The highest BCUT2D eigenvalue weighted by Crippen LogP contribution is 2.27. The SMILES string of the molecule is COc1ccc(C(N)=O)cc1NC(=O)c1ccc(Cl)c(Cl)c1. The molecule has 0 radical (unpaired) electrons. The number of benzene rings is 2. The lowest BCUT2D eigenvalue weighted by molar-refractivity contribution is 0.0996. The van der Waals surface area contributed by atoms with Crippen LogP contribution in [0.25, 0.3) is 0 Å². The van der Waals surface area contributed by atoms with Crippen LogP contribution in [0.3, 0.4) is 0 Å². The van der Waals surface area contributed by atoms with E-state index in [1.807, 2.05) is 0 Å². The number of amides is 2. The lowest BCUT2D eigenvalue weighted by Crippen LogP contribution is -2.15. The van der Waals surface area contributed by atoms with Gasteiger partial charge in [-0.05, 0) is 36.4 Å². The minimum Gasteiger partial charge on any atom is -0.495 e. The molecule has 0 spiro atoms. The van der Waals surface area contributed by atoms with Crippen LogP contribution in [-0.2, 0) is 0 Å². The predicted molar refractivity (Wildman–Crippen MR) is 85.9 cm³/mol. The van der Waals surface area contributed by atoms with Crippen LogP contribution in [0.15, 0.2) is 36.4 Å². The first-order chi connectivity index (χ1) is 10.4. The number of methoxy groups -OCH3 is 1. The number of hydrogen-bond donors (Lipinski definition) is 2. The van der Waals surface area contributed by atoms with Crippen molar-refractivity contribution in [1.82, 2.24) is 0 Å². The van der Waals surface area contributed by atoms with Crippen molar-refractivity contribution in [2.24, 2.45) is 5.73 Å². The maximum absolute atomic E-state index is 12.2. The molecular formula is C15H12Cl2N2O3. The molecule has 0 heterocycles. The standard InChI is InChI=1S/C15H12Cl2N2O3/c1-22-13-5-3-8(14(18)20)7-12(13)19-15(21)9-2-4-10(16)11(17)6-9/h2-7H,1H3,(H2,18,20)(H,19,21). The summed E-state index contributed by atoms with van der Waals surface area (Å²) in [6.07, 6.45) is 0. The Bertz CT molecular complexity index is 748. The Labute approximate surface area is 137 Å². The van der Waals surface area contributed by atoms with Crippen LogP contribution >= 0.6 is 23.2 Å². The fraction of sp³-hybridized carbons (Fsp3) is 0.0667. The fourth-order valence-electron chi connectivity index (χ4n) is 1.79. The summed E-state index contributed by atoms with van der Waals surface area (Å²) in [6, 6.07) is 9.00. The van der Waals surface area contributed by atoms with Crippen molar-refractivity contribution >= 4 is 40.7 Å². The van der Waals surface area contributed by atoms with E-state index in [2.05, 4.69) is 5.32 Å². The minimum atomic E-state index is -0.604. The summed E-state index contributed by atoms with van der Waals surface area (Å²) in [5, 5.41) is 3.27. The van der Waals surface area contributed by atoms with Gasteiger partial charge in [0.1, 0.15) is 5.75 Å². The number of halogens is 2. The van der Waals surface area contributed by atoms with Gasteiger partial charge in [-0.15, -0.1) is 0 Å². The molecule has 0 bridgehead atoms. The lowest BCUT2D eigenvalue weighted by Gasteiger charge is -2.11. The number of carbonyl (C=O) groups excluding carboxylic acids is 2. The molecule has 0 unspecified atom stereocenters. The average Bonchev–Trinajstić information content (AvgIpc) is 2.49. The van der Waals surface area contributed by atoms with E-state index >= 15 is 0 Å². The summed E-state index contributed by atoms with van der Waals surface area (Å²) >= 11 is 11.7. The summed E-state index contributed by atoms with van der Waals surface area (Å²) in [5.41, 5.74) is 6.13. The van der Waals surface area contributed by atoms with Gasteiger partial charge in [-0.25, -0.2) is 0 Å². The Morgan fingerprint density at radius 1 is 1.05 bits per heavy atom. The molecule has 2 rings (SSSR count). The molecule has 0 aliphatic carbocycles. The predicted octanol–water partition coefficient (Wildman–Crippen LogP) is 3.35. The lowest BCUT2D eigenvalue weighted by atomic mass is 10.1. The van der Waals surface area contributed by atoms with Gasteiger partial charge in [0.25, 0.3) is 5.91 Å². The molecule has 22 heavy (non-hydrogen) atoms. The number of anilines is 1. The molecule has 2 aromatic rings. The molecule has 0 atom stereocenters. The van der Waals surface area contributed by atoms with Crippen LogP contribution in [0.2, 0.25) is 10.0 Å². The summed E-state index contributed by atoms with van der Waals surface area (Å²) < 4.78 is 5.15. The molecule has 0 saturated heterocycles. The van der Waals surface area contributed by atoms with Crippen molar-refractivity contribution in [2.45, 2.75) is 0 Å². The van der Waals surface area contributed by atoms with Crippen molar-refractivity contribution in [3.63, 3.8) is 0 Å². The van der Waals surface area contributed by atoms with Crippen molar-refractivity contribution in [1.29, 1.82) is 0 Å². The first-order valence-electron chi connectivity index (χ1n) is 6.16. The molecule has 2 aromatic carbocycles. The van der Waals surface area contributed by atoms with E-state index in [9.17, 15) is 9.59 Å². The van der Waals surface area contributed by atoms with E-state index in [0.29, 0.717) is 22.0 Å². The number of ether oxygens (including phenoxy) is 1. The average molecular weight is 339 g/mol. The Morgan fingerprint density at radius 3 is 2.32 bits per heavy atom. The highest BCUT2D eigenvalue weighted by Gasteiger charge is 2.13. The van der Waals surface area contributed by atoms with E-state index in [1.54, 1.807) is 6.07 Å². The van der Waals surface area contributed by atoms with Gasteiger partial charge in [0, 0.05) is 11.1 Å². The largest absolute Gasteiger partial charge is 0.495 e. The van der Waals surface area contributed by atoms with Crippen LogP contribution in [0, 0.1) is 0 Å². The van der Waals surface area contributed by atoms with Crippen LogP contribution in [-0.4, -0.2) is 18.9 Å². The molecule has 0 fully saturated rings. The molecular weight excluding hydrogens is 327 g/mol. The first-order valence-corrected chi connectivity index (χ1v) is 6.92. The number of nitrogens with one attached hydrogen (secondary N) is 1. The van der Waals surface area contributed by atoms with Crippen LogP contribution < -0.4 is 15.8 Å².